The van der Waals surface area contributed by atoms with Gasteiger partial charge in [0.2, 0.25) is 0 Å². The molecule has 0 aliphatic rings. The second-order valence-electron chi connectivity index (χ2n) is 9.36. The van der Waals surface area contributed by atoms with Gasteiger partial charge in [-0.25, -0.2) is 4.79 Å². The van der Waals surface area contributed by atoms with Gasteiger partial charge in [0, 0.05) is 12.2 Å². The Morgan fingerprint density at radius 1 is 0.543 bits per heavy atom. The first-order valence-corrected chi connectivity index (χ1v) is 14.2. The Kier molecular flexibility index (Phi) is 21.5. The molecule has 0 heterocycles. The molecular formula is C30H50O5. The molecule has 0 aromatic heterocycles. The van der Waals surface area contributed by atoms with Crippen molar-refractivity contribution in [3.8, 4) is 0 Å². The van der Waals surface area contributed by atoms with Crippen molar-refractivity contribution in [1.29, 1.82) is 0 Å². The average molecular weight is 491 g/mol. The highest BCUT2D eigenvalue weighted by Gasteiger charge is 2.16. The van der Waals surface area contributed by atoms with Crippen LogP contribution >= 0.6 is 0 Å². The van der Waals surface area contributed by atoms with Gasteiger partial charge in [-0.15, -0.1) is 0 Å². The van der Waals surface area contributed by atoms with Crippen molar-refractivity contribution in [1.82, 2.24) is 0 Å². The molecule has 0 spiro atoms. The molecule has 1 aromatic carbocycles. The lowest BCUT2D eigenvalue weighted by Crippen LogP contribution is -2.20. The summed E-state index contributed by atoms with van der Waals surface area (Å²) in [4.78, 5) is 23.6. The Balaban J connectivity index is 1.73. The standard InChI is InChI=1S/C30H50O5/c1-2-3-4-5-6-7-8-9-10-11-12-13-14-15-16-20-23-33-24-25-34-26-27-35-30(32)29(31)28-21-18-17-19-22-28/h17-19,21-22H,2-16,20,23-27H2,1H3. The van der Waals surface area contributed by atoms with Crippen LogP contribution in [0.5, 0.6) is 0 Å². The number of ether oxygens (including phenoxy) is 3. The number of carbonyl (C=O) groups excluding carboxylic acids is 2. The van der Waals surface area contributed by atoms with E-state index < -0.39 is 11.8 Å². The molecule has 0 bridgehead atoms. The number of Topliss-reactive ketones (excluding diaryl/α,β-unsaturated/α-hetero) is 1. The zero-order valence-electron chi connectivity index (χ0n) is 22.3. The van der Waals surface area contributed by atoms with Crippen molar-refractivity contribution >= 4 is 11.8 Å². The predicted molar refractivity (Wildman–Crippen MR) is 143 cm³/mol. The first-order valence-electron chi connectivity index (χ1n) is 14.2. The minimum atomic E-state index is -0.848. The van der Waals surface area contributed by atoms with Crippen LogP contribution in [0.25, 0.3) is 0 Å². The summed E-state index contributed by atoms with van der Waals surface area (Å²) in [5, 5.41) is 0. The molecule has 0 aliphatic heterocycles. The van der Waals surface area contributed by atoms with Crippen LogP contribution in [-0.4, -0.2) is 44.8 Å². The van der Waals surface area contributed by atoms with Crippen LogP contribution < -0.4 is 0 Å². The molecule has 0 unspecified atom stereocenters. The number of carbonyl (C=O) groups is 2. The quantitative estimate of drug-likeness (QED) is 0.0608. The van der Waals surface area contributed by atoms with Crippen LogP contribution in [0.3, 0.4) is 0 Å². The molecule has 0 N–H and O–H groups in total. The SMILES string of the molecule is CCCCCCCCCCCCCCCCCCOCCOCCOC(=O)C(=O)c1ccccc1. The fourth-order valence-electron chi connectivity index (χ4n) is 4.04. The van der Waals surface area contributed by atoms with E-state index in [1.807, 2.05) is 0 Å². The van der Waals surface area contributed by atoms with Crippen molar-refractivity contribution < 1.29 is 23.8 Å². The topological polar surface area (TPSA) is 61.8 Å². The molecule has 0 radical (unpaired) electrons. The Morgan fingerprint density at radius 2 is 0.971 bits per heavy atom. The van der Waals surface area contributed by atoms with Gasteiger partial charge in [-0.2, -0.15) is 0 Å². The van der Waals surface area contributed by atoms with E-state index in [9.17, 15) is 9.59 Å². The van der Waals surface area contributed by atoms with Gasteiger partial charge in [0.15, 0.2) is 0 Å². The number of rotatable bonds is 25. The van der Waals surface area contributed by atoms with Crippen molar-refractivity contribution in [2.24, 2.45) is 0 Å². The monoisotopic (exact) mass is 490 g/mol. The van der Waals surface area contributed by atoms with Gasteiger partial charge in [-0.05, 0) is 6.42 Å². The summed E-state index contributed by atoms with van der Waals surface area (Å²) in [5.74, 6) is -1.48. The molecule has 0 saturated carbocycles. The van der Waals surface area contributed by atoms with Gasteiger partial charge >= 0.3 is 5.97 Å². The molecule has 0 saturated heterocycles. The molecule has 0 atom stereocenters. The predicted octanol–water partition coefficient (Wildman–Crippen LogP) is 7.71. The highest BCUT2D eigenvalue weighted by molar-refractivity contribution is 6.40. The summed E-state index contributed by atoms with van der Waals surface area (Å²) < 4.78 is 15.9. The van der Waals surface area contributed by atoms with Gasteiger partial charge < -0.3 is 14.2 Å². The van der Waals surface area contributed by atoms with Gasteiger partial charge in [0.1, 0.15) is 6.61 Å². The van der Waals surface area contributed by atoms with Crippen molar-refractivity contribution in [3.63, 3.8) is 0 Å². The van der Waals surface area contributed by atoms with E-state index in [2.05, 4.69) is 6.92 Å². The van der Waals surface area contributed by atoms with Crippen LogP contribution in [-0.2, 0) is 19.0 Å². The number of hydrogen-bond donors (Lipinski definition) is 0. The molecule has 5 nitrogen and oxygen atoms in total. The zero-order valence-corrected chi connectivity index (χ0v) is 22.3. The van der Waals surface area contributed by atoms with Gasteiger partial charge in [-0.1, -0.05) is 134 Å². The molecule has 0 fully saturated rings. The van der Waals surface area contributed by atoms with Crippen LogP contribution in [0.1, 0.15) is 120 Å². The number of ketones is 1. The van der Waals surface area contributed by atoms with E-state index in [0.717, 1.165) is 13.0 Å². The first kappa shape index (κ1) is 31.3. The fourth-order valence-corrected chi connectivity index (χ4v) is 4.04. The summed E-state index contributed by atoms with van der Waals surface area (Å²) >= 11 is 0. The highest BCUT2D eigenvalue weighted by Crippen LogP contribution is 2.13. The maximum absolute atomic E-state index is 11.9. The van der Waals surface area contributed by atoms with E-state index in [1.165, 1.54) is 96.3 Å². The third-order valence-electron chi connectivity index (χ3n) is 6.20. The van der Waals surface area contributed by atoms with Crippen LogP contribution in [0, 0.1) is 0 Å². The zero-order chi connectivity index (χ0) is 25.2. The number of unbranched alkanes of at least 4 members (excludes halogenated alkanes) is 15. The third-order valence-corrected chi connectivity index (χ3v) is 6.20. The van der Waals surface area contributed by atoms with Crippen LogP contribution in [0.15, 0.2) is 30.3 Å². The third kappa shape index (κ3) is 19.2. The molecule has 5 heteroatoms. The number of benzene rings is 1. The number of hydrogen-bond acceptors (Lipinski definition) is 5. The van der Waals surface area contributed by atoms with Crippen molar-refractivity contribution in [2.75, 3.05) is 33.0 Å². The van der Waals surface area contributed by atoms with Crippen molar-refractivity contribution in [3.05, 3.63) is 35.9 Å². The summed E-state index contributed by atoms with van der Waals surface area (Å²) in [6.07, 6.45) is 21.9. The lowest BCUT2D eigenvalue weighted by atomic mass is 10.0. The van der Waals surface area contributed by atoms with E-state index in [0.29, 0.717) is 18.8 Å². The summed E-state index contributed by atoms with van der Waals surface area (Å²) in [6.45, 7) is 4.37. The molecule has 200 valence electrons. The minimum Gasteiger partial charge on any atom is -0.457 e. The Morgan fingerprint density at radius 3 is 1.49 bits per heavy atom. The first-order chi connectivity index (χ1) is 17.3. The normalized spacial score (nSPS) is 11.0. The Bertz CT molecular complexity index is 616. The highest BCUT2D eigenvalue weighted by atomic mass is 16.6. The number of esters is 1. The molecular weight excluding hydrogens is 440 g/mol. The molecule has 1 aromatic rings. The summed E-state index contributed by atoms with van der Waals surface area (Å²) in [7, 11) is 0. The Hall–Kier alpha value is -1.72. The summed E-state index contributed by atoms with van der Waals surface area (Å²) in [6, 6.07) is 8.40. The molecule has 0 amide bonds. The largest absolute Gasteiger partial charge is 0.457 e. The van der Waals surface area contributed by atoms with Crippen molar-refractivity contribution in [2.45, 2.75) is 110 Å². The lowest BCUT2D eigenvalue weighted by molar-refractivity contribution is -0.139. The van der Waals surface area contributed by atoms with E-state index in [-0.39, 0.29) is 13.2 Å². The molecule has 1 rings (SSSR count). The van der Waals surface area contributed by atoms with Gasteiger partial charge in [0.05, 0.1) is 19.8 Å². The molecule has 35 heavy (non-hydrogen) atoms. The van der Waals surface area contributed by atoms with Crippen LogP contribution in [0.2, 0.25) is 0 Å². The van der Waals surface area contributed by atoms with Gasteiger partial charge in [-0.3, -0.25) is 4.79 Å². The van der Waals surface area contributed by atoms with E-state index in [4.69, 9.17) is 14.2 Å². The average Bonchev–Trinajstić information content (AvgIpc) is 2.89. The summed E-state index contributed by atoms with van der Waals surface area (Å²) in [5.41, 5.74) is 0.334. The van der Waals surface area contributed by atoms with Crippen LogP contribution in [0.4, 0.5) is 0 Å². The second kappa shape index (κ2) is 24.0. The maximum Gasteiger partial charge on any atom is 0.379 e. The van der Waals surface area contributed by atoms with E-state index >= 15 is 0 Å². The minimum absolute atomic E-state index is 0.0660. The smallest absolute Gasteiger partial charge is 0.379 e. The fraction of sp³-hybridized carbons (Fsp3) is 0.733. The molecule has 0 aliphatic carbocycles. The van der Waals surface area contributed by atoms with E-state index in [1.54, 1.807) is 30.3 Å². The Labute approximate surface area is 214 Å². The van der Waals surface area contributed by atoms with Gasteiger partial charge in [0.25, 0.3) is 5.78 Å². The maximum atomic E-state index is 11.9. The lowest BCUT2D eigenvalue weighted by Gasteiger charge is -2.07. The second-order valence-corrected chi connectivity index (χ2v) is 9.36.